The van der Waals surface area contributed by atoms with Crippen LogP contribution >= 0.6 is 0 Å². The van der Waals surface area contributed by atoms with Gasteiger partial charge in [0.25, 0.3) is 0 Å². The molecule has 0 bridgehead atoms. The number of amides is 1. The first kappa shape index (κ1) is 13.1. The van der Waals surface area contributed by atoms with Gasteiger partial charge in [-0.25, -0.2) is 0 Å². The standard InChI is InChI=1S/C17H23N3O/c1-19-8-2-3-11-9-12(4-7-15(11)19)17-14(18)10-16(21)20(17)13-5-6-13/h4,7,9,13-14,17H,2-3,5-6,8,10,18H2,1H3. The molecule has 1 saturated carbocycles. The Morgan fingerprint density at radius 3 is 2.86 bits per heavy atom. The number of hydrogen-bond acceptors (Lipinski definition) is 3. The van der Waals surface area contributed by atoms with Crippen molar-refractivity contribution in [2.24, 2.45) is 5.73 Å². The molecule has 1 amide bonds. The van der Waals surface area contributed by atoms with E-state index < -0.39 is 0 Å². The van der Waals surface area contributed by atoms with Gasteiger partial charge in [0.15, 0.2) is 0 Å². The Bertz CT molecular complexity index is 581. The van der Waals surface area contributed by atoms with E-state index >= 15 is 0 Å². The minimum Gasteiger partial charge on any atom is -0.374 e. The number of benzene rings is 1. The second-order valence-corrected chi connectivity index (χ2v) is 6.76. The molecule has 112 valence electrons. The summed E-state index contributed by atoms with van der Waals surface area (Å²) < 4.78 is 0. The molecule has 4 rings (SSSR count). The fraction of sp³-hybridized carbons (Fsp3) is 0.588. The zero-order valence-corrected chi connectivity index (χ0v) is 12.6. The van der Waals surface area contributed by atoms with Crippen LogP contribution in [0.25, 0.3) is 0 Å². The fourth-order valence-corrected chi connectivity index (χ4v) is 3.96. The van der Waals surface area contributed by atoms with Gasteiger partial charge in [-0.3, -0.25) is 4.79 Å². The molecule has 0 aromatic heterocycles. The maximum atomic E-state index is 12.2. The Morgan fingerprint density at radius 1 is 1.29 bits per heavy atom. The molecule has 1 saturated heterocycles. The monoisotopic (exact) mass is 285 g/mol. The molecule has 2 fully saturated rings. The number of nitrogens with two attached hydrogens (primary N) is 1. The Balaban J connectivity index is 1.70. The highest BCUT2D eigenvalue weighted by atomic mass is 16.2. The highest BCUT2D eigenvalue weighted by Gasteiger charge is 2.45. The molecule has 1 aromatic rings. The largest absolute Gasteiger partial charge is 0.374 e. The van der Waals surface area contributed by atoms with Crippen molar-refractivity contribution in [1.82, 2.24) is 4.90 Å². The summed E-state index contributed by atoms with van der Waals surface area (Å²) in [7, 11) is 2.15. The van der Waals surface area contributed by atoms with Gasteiger partial charge in [-0.2, -0.15) is 0 Å². The van der Waals surface area contributed by atoms with Crippen LogP contribution in [0.1, 0.15) is 42.9 Å². The zero-order valence-electron chi connectivity index (χ0n) is 12.6. The third-order valence-corrected chi connectivity index (χ3v) is 5.14. The van der Waals surface area contributed by atoms with Crippen LogP contribution in [0.2, 0.25) is 0 Å². The van der Waals surface area contributed by atoms with E-state index in [1.54, 1.807) is 0 Å². The van der Waals surface area contributed by atoms with Crippen molar-refractivity contribution in [3.05, 3.63) is 29.3 Å². The highest BCUT2D eigenvalue weighted by Crippen LogP contribution is 2.42. The first-order chi connectivity index (χ1) is 10.1. The maximum Gasteiger partial charge on any atom is 0.225 e. The second-order valence-electron chi connectivity index (χ2n) is 6.76. The summed E-state index contributed by atoms with van der Waals surface area (Å²) in [4.78, 5) is 16.6. The lowest BCUT2D eigenvalue weighted by Crippen LogP contribution is -2.35. The number of anilines is 1. The molecular weight excluding hydrogens is 262 g/mol. The molecule has 2 atom stereocenters. The summed E-state index contributed by atoms with van der Waals surface area (Å²) in [6, 6.07) is 7.15. The van der Waals surface area contributed by atoms with Crippen LogP contribution in [0, 0.1) is 0 Å². The summed E-state index contributed by atoms with van der Waals surface area (Å²) in [6.07, 6.45) is 5.12. The van der Waals surface area contributed by atoms with Crippen LogP contribution < -0.4 is 10.6 Å². The number of likely N-dealkylation sites (tertiary alicyclic amines) is 1. The topological polar surface area (TPSA) is 49.6 Å². The van der Waals surface area contributed by atoms with Crippen LogP contribution in [0.4, 0.5) is 5.69 Å². The molecule has 21 heavy (non-hydrogen) atoms. The summed E-state index contributed by atoms with van der Waals surface area (Å²) >= 11 is 0. The molecule has 4 nitrogen and oxygen atoms in total. The number of fused-ring (bicyclic) bond motifs is 1. The van der Waals surface area contributed by atoms with Gasteiger partial charge in [0.2, 0.25) is 5.91 Å². The van der Waals surface area contributed by atoms with Crippen molar-refractivity contribution < 1.29 is 4.79 Å². The third kappa shape index (κ3) is 2.13. The number of rotatable bonds is 2. The van der Waals surface area contributed by atoms with E-state index in [1.165, 1.54) is 23.2 Å². The van der Waals surface area contributed by atoms with Crippen LogP contribution in [-0.4, -0.2) is 36.5 Å². The van der Waals surface area contributed by atoms with Gasteiger partial charge in [-0.05, 0) is 42.9 Å². The van der Waals surface area contributed by atoms with E-state index in [0.29, 0.717) is 12.5 Å². The molecule has 2 aliphatic heterocycles. The smallest absolute Gasteiger partial charge is 0.225 e. The molecule has 0 radical (unpaired) electrons. The lowest BCUT2D eigenvalue weighted by molar-refractivity contribution is -0.129. The van der Waals surface area contributed by atoms with Gasteiger partial charge in [0.05, 0.1) is 6.04 Å². The van der Waals surface area contributed by atoms with E-state index in [0.717, 1.165) is 25.8 Å². The number of nitrogens with zero attached hydrogens (tertiary/aromatic N) is 2. The molecule has 1 aromatic carbocycles. The van der Waals surface area contributed by atoms with Crippen LogP contribution in [0.5, 0.6) is 0 Å². The van der Waals surface area contributed by atoms with Gasteiger partial charge in [0.1, 0.15) is 0 Å². The van der Waals surface area contributed by atoms with E-state index in [-0.39, 0.29) is 18.0 Å². The first-order valence-corrected chi connectivity index (χ1v) is 8.06. The van der Waals surface area contributed by atoms with E-state index in [9.17, 15) is 4.79 Å². The van der Waals surface area contributed by atoms with Gasteiger partial charge >= 0.3 is 0 Å². The Labute approximate surface area is 125 Å². The van der Waals surface area contributed by atoms with Crippen molar-refractivity contribution in [2.45, 2.75) is 50.2 Å². The molecule has 2 heterocycles. The number of carbonyl (C=O) groups excluding carboxylic acids is 1. The molecular formula is C17H23N3O. The summed E-state index contributed by atoms with van der Waals surface area (Å²) in [5, 5.41) is 0. The third-order valence-electron chi connectivity index (χ3n) is 5.14. The number of carbonyl (C=O) groups is 1. The van der Waals surface area contributed by atoms with Crippen molar-refractivity contribution in [3.8, 4) is 0 Å². The summed E-state index contributed by atoms with van der Waals surface area (Å²) in [6.45, 7) is 1.13. The molecule has 3 aliphatic rings. The zero-order chi connectivity index (χ0) is 14.6. The SMILES string of the molecule is CN1CCCc2cc(C3C(N)CC(=O)N3C3CC3)ccc21. The predicted octanol–water partition coefficient (Wildman–Crippen LogP) is 1.83. The molecule has 1 aliphatic carbocycles. The quantitative estimate of drug-likeness (QED) is 0.902. The van der Waals surface area contributed by atoms with Crippen LogP contribution in [0.3, 0.4) is 0 Å². The first-order valence-electron chi connectivity index (χ1n) is 8.06. The minimum atomic E-state index is -0.0579. The number of hydrogen-bond donors (Lipinski definition) is 1. The Morgan fingerprint density at radius 2 is 2.10 bits per heavy atom. The highest BCUT2D eigenvalue weighted by molar-refractivity contribution is 5.81. The summed E-state index contributed by atoms with van der Waals surface area (Å²) in [5.41, 5.74) is 10.3. The van der Waals surface area contributed by atoms with Gasteiger partial charge < -0.3 is 15.5 Å². The van der Waals surface area contributed by atoms with Crippen LogP contribution in [-0.2, 0) is 11.2 Å². The van der Waals surface area contributed by atoms with E-state index in [4.69, 9.17) is 5.73 Å². The van der Waals surface area contributed by atoms with Crippen LogP contribution in [0.15, 0.2) is 18.2 Å². The molecule has 2 N–H and O–H groups in total. The lowest BCUT2D eigenvalue weighted by Gasteiger charge is -2.31. The molecule has 0 spiro atoms. The maximum absolute atomic E-state index is 12.2. The van der Waals surface area contributed by atoms with Gasteiger partial charge in [-0.15, -0.1) is 0 Å². The molecule has 2 unspecified atom stereocenters. The average molecular weight is 285 g/mol. The number of aryl methyl sites for hydroxylation is 1. The molecule has 4 heteroatoms. The lowest BCUT2D eigenvalue weighted by atomic mass is 9.94. The van der Waals surface area contributed by atoms with E-state index in [2.05, 4.69) is 35.0 Å². The summed E-state index contributed by atoms with van der Waals surface area (Å²) in [5.74, 6) is 0.241. The second kappa shape index (κ2) is 4.73. The van der Waals surface area contributed by atoms with Crippen molar-refractivity contribution in [3.63, 3.8) is 0 Å². The predicted molar refractivity (Wildman–Crippen MR) is 83.2 cm³/mol. The van der Waals surface area contributed by atoms with Crippen molar-refractivity contribution in [2.75, 3.05) is 18.5 Å². The Hall–Kier alpha value is -1.55. The van der Waals surface area contributed by atoms with E-state index in [1.807, 2.05) is 0 Å². The average Bonchev–Trinajstić information content (AvgIpc) is 3.24. The minimum absolute atomic E-state index is 0.0579. The Kier molecular flexibility index (Phi) is 2.96. The van der Waals surface area contributed by atoms with Crippen molar-refractivity contribution in [1.29, 1.82) is 0 Å². The van der Waals surface area contributed by atoms with Gasteiger partial charge in [-0.1, -0.05) is 12.1 Å². The van der Waals surface area contributed by atoms with Gasteiger partial charge in [0, 0.05) is 37.8 Å². The fourth-order valence-electron chi connectivity index (χ4n) is 3.96. The van der Waals surface area contributed by atoms with Crippen molar-refractivity contribution >= 4 is 11.6 Å². The normalized spacial score (nSPS) is 29.0.